The molecule has 7 heteroatoms. The normalized spacial score (nSPS) is 23.2. The number of likely N-dealkylation sites (tertiary alicyclic amines) is 1. The van der Waals surface area contributed by atoms with Gasteiger partial charge < -0.3 is 4.90 Å². The van der Waals surface area contributed by atoms with Crippen LogP contribution in [0.3, 0.4) is 0 Å². The molecule has 2 aliphatic rings. The van der Waals surface area contributed by atoms with Crippen LogP contribution in [0.25, 0.3) is 11.3 Å². The van der Waals surface area contributed by atoms with E-state index in [-0.39, 0.29) is 23.3 Å². The van der Waals surface area contributed by atoms with Gasteiger partial charge in [0, 0.05) is 35.6 Å². The van der Waals surface area contributed by atoms with Gasteiger partial charge in [-0.25, -0.2) is 9.37 Å². The number of halogens is 1. The molecule has 5 rings (SSSR count). The lowest BCUT2D eigenvalue weighted by Gasteiger charge is -2.48. The van der Waals surface area contributed by atoms with Crippen molar-refractivity contribution >= 4 is 22.9 Å². The number of anilines is 1. The third kappa shape index (κ3) is 4.17. The number of nitriles is 1. The average molecular weight is 461 g/mol. The zero-order valence-electron chi connectivity index (χ0n) is 18.5. The van der Waals surface area contributed by atoms with Gasteiger partial charge in [0.05, 0.1) is 29.4 Å². The SMILES string of the molecule is CC1CC2(CCC(=O)N2c2cccc(F)c2)CCN1Cc1nc(-c2ccc(C#N)cc2)cs1. The second-order valence-electron chi connectivity index (χ2n) is 9.02. The molecule has 168 valence electrons. The number of rotatable bonds is 4. The Morgan fingerprint density at radius 3 is 2.79 bits per heavy atom. The van der Waals surface area contributed by atoms with Gasteiger partial charge in [-0.1, -0.05) is 18.2 Å². The van der Waals surface area contributed by atoms with Crippen molar-refractivity contribution in [2.24, 2.45) is 0 Å². The van der Waals surface area contributed by atoms with Crippen molar-refractivity contribution in [3.05, 3.63) is 70.3 Å². The molecule has 0 bridgehead atoms. The number of thiazole rings is 1. The lowest BCUT2D eigenvalue weighted by Crippen LogP contribution is -2.56. The van der Waals surface area contributed by atoms with Crippen molar-refractivity contribution in [2.45, 2.75) is 50.7 Å². The summed E-state index contributed by atoms with van der Waals surface area (Å²) in [5, 5.41) is 12.1. The number of benzene rings is 2. The molecule has 3 aromatic rings. The number of aromatic nitrogens is 1. The first-order valence-electron chi connectivity index (χ1n) is 11.3. The molecule has 33 heavy (non-hydrogen) atoms. The summed E-state index contributed by atoms with van der Waals surface area (Å²) in [6.45, 7) is 3.85. The summed E-state index contributed by atoms with van der Waals surface area (Å²) in [7, 11) is 0. The maximum Gasteiger partial charge on any atom is 0.227 e. The van der Waals surface area contributed by atoms with E-state index in [1.54, 1.807) is 17.4 Å². The van der Waals surface area contributed by atoms with Crippen LogP contribution in [0.1, 0.15) is 43.2 Å². The van der Waals surface area contributed by atoms with Gasteiger partial charge in [-0.3, -0.25) is 9.69 Å². The molecule has 0 N–H and O–H groups in total. The van der Waals surface area contributed by atoms with Gasteiger partial charge >= 0.3 is 0 Å². The summed E-state index contributed by atoms with van der Waals surface area (Å²) in [6, 6.07) is 16.3. The number of hydrogen-bond acceptors (Lipinski definition) is 5. The second kappa shape index (κ2) is 8.69. The smallest absolute Gasteiger partial charge is 0.227 e. The van der Waals surface area contributed by atoms with Crippen LogP contribution in [0, 0.1) is 17.1 Å². The van der Waals surface area contributed by atoms with E-state index in [2.05, 4.69) is 23.3 Å². The summed E-state index contributed by atoms with van der Waals surface area (Å²) in [6.07, 6.45) is 3.07. The highest BCUT2D eigenvalue weighted by Gasteiger charge is 2.49. The Hall–Kier alpha value is -3.08. The fraction of sp³-hybridized carbons (Fsp3) is 0.346. The van der Waals surface area contributed by atoms with Gasteiger partial charge in [0.1, 0.15) is 10.8 Å². The Balaban J connectivity index is 1.29. The molecular formula is C26H25FN4OS. The molecule has 2 atom stereocenters. The lowest BCUT2D eigenvalue weighted by atomic mass is 9.81. The first-order chi connectivity index (χ1) is 16.0. The molecule has 1 spiro atoms. The summed E-state index contributed by atoms with van der Waals surface area (Å²) < 4.78 is 13.9. The van der Waals surface area contributed by atoms with Gasteiger partial charge in [-0.15, -0.1) is 11.3 Å². The highest BCUT2D eigenvalue weighted by atomic mass is 32.1. The van der Waals surface area contributed by atoms with Crippen molar-refractivity contribution in [3.63, 3.8) is 0 Å². The molecule has 0 radical (unpaired) electrons. The van der Waals surface area contributed by atoms with Crippen LogP contribution in [0.2, 0.25) is 0 Å². The topological polar surface area (TPSA) is 60.2 Å². The molecule has 3 heterocycles. The van der Waals surface area contributed by atoms with Crippen molar-refractivity contribution < 1.29 is 9.18 Å². The van der Waals surface area contributed by atoms with E-state index in [4.69, 9.17) is 10.2 Å². The van der Waals surface area contributed by atoms with E-state index in [0.717, 1.165) is 48.6 Å². The summed E-state index contributed by atoms with van der Waals surface area (Å²) in [4.78, 5) is 21.9. The molecule has 2 aromatic carbocycles. The number of nitrogens with zero attached hydrogens (tertiary/aromatic N) is 4. The van der Waals surface area contributed by atoms with E-state index in [1.165, 1.54) is 12.1 Å². The molecular weight excluding hydrogens is 435 g/mol. The van der Waals surface area contributed by atoms with Crippen LogP contribution in [-0.4, -0.2) is 33.9 Å². The third-order valence-electron chi connectivity index (χ3n) is 6.96. The predicted octanol–water partition coefficient (Wildman–Crippen LogP) is 5.37. The Labute approximate surface area is 197 Å². The quantitative estimate of drug-likeness (QED) is 0.525. The number of carbonyl (C=O) groups is 1. The van der Waals surface area contributed by atoms with Gasteiger partial charge in [0.2, 0.25) is 5.91 Å². The van der Waals surface area contributed by atoms with E-state index < -0.39 is 0 Å². The van der Waals surface area contributed by atoms with Crippen LogP contribution in [0.5, 0.6) is 0 Å². The molecule has 0 aliphatic carbocycles. The third-order valence-corrected chi connectivity index (χ3v) is 7.79. The number of amides is 1. The Morgan fingerprint density at radius 2 is 2.06 bits per heavy atom. The van der Waals surface area contributed by atoms with E-state index in [0.29, 0.717) is 17.7 Å². The molecule has 5 nitrogen and oxygen atoms in total. The molecule has 2 saturated heterocycles. The minimum Gasteiger partial charge on any atom is -0.306 e. The molecule has 2 unspecified atom stereocenters. The summed E-state index contributed by atoms with van der Waals surface area (Å²) in [5.41, 5.74) is 3.02. The summed E-state index contributed by atoms with van der Waals surface area (Å²) in [5.74, 6) is -0.220. The molecule has 0 saturated carbocycles. The van der Waals surface area contributed by atoms with Crippen molar-refractivity contribution in [3.8, 4) is 17.3 Å². The number of piperidine rings is 1. The van der Waals surface area contributed by atoms with E-state index in [1.807, 2.05) is 35.2 Å². The first kappa shape index (κ1) is 21.7. The molecule has 2 aliphatic heterocycles. The van der Waals surface area contributed by atoms with Crippen molar-refractivity contribution in [1.29, 1.82) is 5.26 Å². The lowest BCUT2D eigenvalue weighted by molar-refractivity contribution is -0.117. The fourth-order valence-corrected chi connectivity index (χ4v) is 6.11. The van der Waals surface area contributed by atoms with Crippen LogP contribution < -0.4 is 4.90 Å². The van der Waals surface area contributed by atoms with Gasteiger partial charge in [-0.05, 0) is 56.5 Å². The molecule has 1 amide bonds. The van der Waals surface area contributed by atoms with Crippen molar-refractivity contribution in [1.82, 2.24) is 9.88 Å². The number of carbonyl (C=O) groups excluding carboxylic acids is 1. The van der Waals surface area contributed by atoms with Gasteiger partial charge in [0.25, 0.3) is 0 Å². The van der Waals surface area contributed by atoms with Crippen LogP contribution in [0.15, 0.2) is 53.9 Å². The fourth-order valence-electron chi connectivity index (χ4n) is 5.28. The van der Waals surface area contributed by atoms with E-state index >= 15 is 0 Å². The van der Waals surface area contributed by atoms with Crippen LogP contribution in [0.4, 0.5) is 10.1 Å². The van der Waals surface area contributed by atoms with Crippen LogP contribution >= 0.6 is 11.3 Å². The largest absolute Gasteiger partial charge is 0.306 e. The monoisotopic (exact) mass is 460 g/mol. The standard InChI is InChI=1S/C26H25FN4OS/c1-18-14-26(10-9-25(32)31(26)22-4-2-3-21(27)13-22)11-12-30(18)16-24-29-23(17-33-24)20-7-5-19(15-28)6-8-20/h2-8,13,17-18H,9-12,14,16H2,1H3. The predicted molar refractivity (Wildman–Crippen MR) is 127 cm³/mol. The van der Waals surface area contributed by atoms with Crippen molar-refractivity contribution in [2.75, 3.05) is 11.4 Å². The average Bonchev–Trinajstić information content (AvgIpc) is 3.40. The maximum atomic E-state index is 13.9. The molecule has 2 fully saturated rings. The molecule has 1 aromatic heterocycles. The summed E-state index contributed by atoms with van der Waals surface area (Å²) >= 11 is 1.65. The van der Waals surface area contributed by atoms with Gasteiger partial charge in [-0.2, -0.15) is 5.26 Å². The highest BCUT2D eigenvalue weighted by Crippen LogP contribution is 2.44. The van der Waals surface area contributed by atoms with E-state index in [9.17, 15) is 9.18 Å². The zero-order valence-corrected chi connectivity index (χ0v) is 19.3. The van der Waals surface area contributed by atoms with Crippen LogP contribution in [-0.2, 0) is 11.3 Å². The Bertz CT molecular complexity index is 1220. The zero-order chi connectivity index (χ0) is 23.0. The van der Waals surface area contributed by atoms with Gasteiger partial charge in [0.15, 0.2) is 0 Å². The minimum absolute atomic E-state index is 0.0910. The Morgan fingerprint density at radius 1 is 1.24 bits per heavy atom. The number of hydrogen-bond donors (Lipinski definition) is 0. The second-order valence-corrected chi connectivity index (χ2v) is 9.97. The minimum atomic E-state index is -0.310. The maximum absolute atomic E-state index is 13.9. The highest BCUT2D eigenvalue weighted by molar-refractivity contribution is 7.09. The Kier molecular flexibility index (Phi) is 5.73. The first-order valence-corrected chi connectivity index (χ1v) is 12.1.